The fourth-order valence-corrected chi connectivity index (χ4v) is 0.708. The van der Waals surface area contributed by atoms with Gasteiger partial charge in [0.25, 0.3) is 0 Å². The Bertz CT molecular complexity index is 137. The van der Waals surface area contributed by atoms with E-state index in [9.17, 15) is 4.79 Å². The zero-order valence-corrected chi connectivity index (χ0v) is 8.78. The standard InChI is InChI=1S/C9H18O5/c1-3-11-5-6-12-7-8-14-9(10)13-4-2/h3-8H2,1-2H3. The van der Waals surface area contributed by atoms with Crippen LogP contribution in [0.4, 0.5) is 4.79 Å². The van der Waals surface area contributed by atoms with E-state index in [-0.39, 0.29) is 6.61 Å². The summed E-state index contributed by atoms with van der Waals surface area (Å²) in [6, 6.07) is 0. The maximum atomic E-state index is 10.7. The van der Waals surface area contributed by atoms with Crippen molar-refractivity contribution >= 4 is 6.16 Å². The first-order chi connectivity index (χ1) is 6.81. The van der Waals surface area contributed by atoms with Crippen LogP contribution in [-0.2, 0) is 18.9 Å². The predicted octanol–water partition coefficient (Wildman–Crippen LogP) is 1.21. The van der Waals surface area contributed by atoms with Gasteiger partial charge in [0, 0.05) is 6.61 Å². The van der Waals surface area contributed by atoms with E-state index in [0.29, 0.717) is 33.0 Å². The van der Waals surface area contributed by atoms with Crippen LogP contribution >= 0.6 is 0 Å². The molecule has 0 N–H and O–H groups in total. The van der Waals surface area contributed by atoms with Gasteiger partial charge in [-0.3, -0.25) is 0 Å². The topological polar surface area (TPSA) is 54.0 Å². The van der Waals surface area contributed by atoms with Crippen molar-refractivity contribution in [2.45, 2.75) is 13.8 Å². The molecule has 0 aromatic carbocycles. The van der Waals surface area contributed by atoms with Gasteiger partial charge in [0.1, 0.15) is 6.61 Å². The van der Waals surface area contributed by atoms with E-state index in [1.807, 2.05) is 6.92 Å². The summed E-state index contributed by atoms with van der Waals surface area (Å²) in [5.74, 6) is 0. The van der Waals surface area contributed by atoms with Crippen molar-refractivity contribution in [3.8, 4) is 0 Å². The molecule has 0 aliphatic carbocycles. The molecule has 0 aliphatic heterocycles. The lowest BCUT2D eigenvalue weighted by molar-refractivity contribution is 0.0120. The van der Waals surface area contributed by atoms with E-state index < -0.39 is 6.16 Å². The van der Waals surface area contributed by atoms with Gasteiger partial charge in [0.15, 0.2) is 0 Å². The molecule has 5 nitrogen and oxygen atoms in total. The fraction of sp³-hybridized carbons (Fsp3) is 0.889. The summed E-state index contributed by atoms with van der Waals surface area (Å²) in [4.78, 5) is 10.7. The van der Waals surface area contributed by atoms with Gasteiger partial charge >= 0.3 is 6.16 Å². The van der Waals surface area contributed by atoms with Crippen molar-refractivity contribution < 1.29 is 23.7 Å². The molecule has 5 heteroatoms. The minimum Gasteiger partial charge on any atom is -0.435 e. The van der Waals surface area contributed by atoms with Crippen LogP contribution in [-0.4, -0.2) is 45.8 Å². The highest BCUT2D eigenvalue weighted by Gasteiger charge is 2.00. The number of ether oxygens (including phenoxy) is 4. The molecule has 0 radical (unpaired) electrons. The Morgan fingerprint density at radius 2 is 1.50 bits per heavy atom. The Balaban J connectivity index is 3.01. The van der Waals surface area contributed by atoms with Crippen molar-refractivity contribution in [1.29, 1.82) is 0 Å². The summed E-state index contributed by atoms with van der Waals surface area (Å²) in [6.45, 7) is 6.31. The molecule has 0 saturated carbocycles. The average Bonchev–Trinajstić information content (AvgIpc) is 2.17. The third-order valence-electron chi connectivity index (χ3n) is 1.29. The van der Waals surface area contributed by atoms with E-state index >= 15 is 0 Å². The van der Waals surface area contributed by atoms with Crippen LogP contribution in [0.15, 0.2) is 0 Å². The quantitative estimate of drug-likeness (QED) is 0.441. The lowest BCUT2D eigenvalue weighted by Crippen LogP contribution is -2.13. The molecule has 0 rings (SSSR count). The Hall–Kier alpha value is -0.810. The zero-order valence-electron chi connectivity index (χ0n) is 8.78. The highest BCUT2D eigenvalue weighted by Crippen LogP contribution is 1.85. The number of hydrogen-bond acceptors (Lipinski definition) is 5. The molecule has 0 aromatic heterocycles. The van der Waals surface area contributed by atoms with Gasteiger partial charge in [-0.05, 0) is 13.8 Å². The Kier molecular flexibility index (Phi) is 9.68. The van der Waals surface area contributed by atoms with Gasteiger partial charge < -0.3 is 18.9 Å². The van der Waals surface area contributed by atoms with E-state index in [4.69, 9.17) is 9.47 Å². The number of carbonyl (C=O) groups is 1. The third-order valence-corrected chi connectivity index (χ3v) is 1.29. The van der Waals surface area contributed by atoms with Crippen LogP contribution in [0.5, 0.6) is 0 Å². The van der Waals surface area contributed by atoms with Crippen LogP contribution in [0.2, 0.25) is 0 Å². The molecule has 0 unspecified atom stereocenters. The van der Waals surface area contributed by atoms with Crippen molar-refractivity contribution in [1.82, 2.24) is 0 Å². The molecule has 0 amide bonds. The second kappa shape index (κ2) is 10.3. The first-order valence-electron chi connectivity index (χ1n) is 4.76. The molecule has 0 spiro atoms. The SMILES string of the molecule is CCOCCOCCOC(=O)OCC. The van der Waals surface area contributed by atoms with E-state index in [2.05, 4.69) is 9.47 Å². The normalized spacial score (nSPS) is 9.86. The fourth-order valence-electron chi connectivity index (χ4n) is 0.708. The van der Waals surface area contributed by atoms with Crippen molar-refractivity contribution in [2.24, 2.45) is 0 Å². The maximum Gasteiger partial charge on any atom is 0.508 e. The molecule has 0 fully saturated rings. The van der Waals surface area contributed by atoms with Crippen LogP contribution in [0.3, 0.4) is 0 Å². The molecule has 0 aromatic rings. The molecular weight excluding hydrogens is 188 g/mol. The highest BCUT2D eigenvalue weighted by atomic mass is 16.7. The minimum atomic E-state index is -0.652. The molecule has 0 saturated heterocycles. The van der Waals surface area contributed by atoms with E-state index in [0.717, 1.165) is 0 Å². The number of carbonyl (C=O) groups excluding carboxylic acids is 1. The number of hydrogen-bond donors (Lipinski definition) is 0. The van der Waals surface area contributed by atoms with Gasteiger partial charge in [-0.2, -0.15) is 0 Å². The lowest BCUT2D eigenvalue weighted by atomic mass is 10.7. The van der Waals surface area contributed by atoms with Crippen molar-refractivity contribution in [2.75, 3.05) is 39.6 Å². The first kappa shape index (κ1) is 13.2. The molecule has 0 aliphatic rings. The molecule has 14 heavy (non-hydrogen) atoms. The Morgan fingerprint density at radius 3 is 2.14 bits per heavy atom. The van der Waals surface area contributed by atoms with Crippen LogP contribution in [0.1, 0.15) is 13.8 Å². The van der Waals surface area contributed by atoms with E-state index in [1.54, 1.807) is 6.92 Å². The monoisotopic (exact) mass is 206 g/mol. The van der Waals surface area contributed by atoms with Crippen LogP contribution in [0.25, 0.3) is 0 Å². The van der Waals surface area contributed by atoms with Gasteiger partial charge in [0.05, 0.1) is 26.4 Å². The van der Waals surface area contributed by atoms with Gasteiger partial charge in [-0.15, -0.1) is 0 Å². The number of rotatable bonds is 8. The predicted molar refractivity (Wildman–Crippen MR) is 50.3 cm³/mol. The van der Waals surface area contributed by atoms with E-state index in [1.165, 1.54) is 0 Å². The summed E-state index contributed by atoms with van der Waals surface area (Å²) in [5, 5.41) is 0. The summed E-state index contributed by atoms with van der Waals surface area (Å²) >= 11 is 0. The largest absolute Gasteiger partial charge is 0.508 e. The lowest BCUT2D eigenvalue weighted by Gasteiger charge is -2.05. The summed E-state index contributed by atoms with van der Waals surface area (Å²) < 4.78 is 19.4. The molecule has 0 atom stereocenters. The first-order valence-corrected chi connectivity index (χ1v) is 4.76. The maximum absolute atomic E-state index is 10.7. The van der Waals surface area contributed by atoms with Crippen molar-refractivity contribution in [3.05, 3.63) is 0 Å². The summed E-state index contributed by atoms with van der Waals surface area (Å²) in [6.07, 6.45) is -0.652. The Morgan fingerprint density at radius 1 is 0.857 bits per heavy atom. The Labute approximate surface area is 84.3 Å². The van der Waals surface area contributed by atoms with Crippen LogP contribution < -0.4 is 0 Å². The van der Waals surface area contributed by atoms with Gasteiger partial charge in [-0.1, -0.05) is 0 Å². The summed E-state index contributed by atoms with van der Waals surface area (Å²) in [7, 11) is 0. The smallest absolute Gasteiger partial charge is 0.435 e. The molecule has 0 bridgehead atoms. The molecule has 84 valence electrons. The van der Waals surface area contributed by atoms with Gasteiger partial charge in [0.2, 0.25) is 0 Å². The second-order valence-corrected chi connectivity index (χ2v) is 2.34. The molecule has 0 heterocycles. The molecular formula is C9H18O5. The zero-order chi connectivity index (χ0) is 10.6. The highest BCUT2D eigenvalue weighted by molar-refractivity contribution is 5.59. The third kappa shape index (κ3) is 9.28. The summed E-state index contributed by atoms with van der Waals surface area (Å²) in [5.41, 5.74) is 0. The van der Waals surface area contributed by atoms with Crippen LogP contribution in [0, 0.1) is 0 Å². The average molecular weight is 206 g/mol. The van der Waals surface area contributed by atoms with Gasteiger partial charge in [-0.25, -0.2) is 4.79 Å². The minimum absolute atomic E-state index is 0.213. The second-order valence-electron chi connectivity index (χ2n) is 2.34. The van der Waals surface area contributed by atoms with Crippen molar-refractivity contribution in [3.63, 3.8) is 0 Å².